The van der Waals surface area contributed by atoms with Crippen molar-refractivity contribution in [2.45, 2.75) is 18.9 Å². The maximum Gasteiger partial charge on any atom is 0.138 e. The monoisotopic (exact) mass is 275 g/mol. The average Bonchev–Trinajstić information content (AvgIpc) is 2.83. The fraction of sp³-hybridized carbons (Fsp3) is 0.400. The number of hydrogen-bond acceptors (Lipinski definition) is 4. The SMILES string of the molecule is O=C(Cc1csc2ccccc12)CC1COCCN1. The number of nitrogens with one attached hydrogen (secondary N) is 1. The second kappa shape index (κ2) is 5.82. The van der Waals surface area contributed by atoms with Gasteiger partial charge in [0.05, 0.1) is 13.2 Å². The molecule has 0 saturated carbocycles. The number of thiophene rings is 1. The first kappa shape index (κ1) is 12.8. The molecule has 1 saturated heterocycles. The van der Waals surface area contributed by atoms with Gasteiger partial charge in [0.25, 0.3) is 0 Å². The lowest BCUT2D eigenvalue weighted by molar-refractivity contribution is -0.119. The highest BCUT2D eigenvalue weighted by molar-refractivity contribution is 7.17. The topological polar surface area (TPSA) is 38.3 Å². The van der Waals surface area contributed by atoms with Crippen LogP contribution in [-0.4, -0.2) is 31.6 Å². The number of hydrogen-bond donors (Lipinski definition) is 1. The molecule has 1 N–H and O–H groups in total. The van der Waals surface area contributed by atoms with E-state index in [9.17, 15) is 4.79 Å². The molecule has 100 valence electrons. The number of fused-ring (bicyclic) bond motifs is 1. The molecule has 2 heterocycles. The summed E-state index contributed by atoms with van der Waals surface area (Å²) >= 11 is 1.71. The highest BCUT2D eigenvalue weighted by atomic mass is 32.1. The first-order valence-corrected chi connectivity index (χ1v) is 7.49. The first-order valence-electron chi connectivity index (χ1n) is 6.61. The average molecular weight is 275 g/mol. The van der Waals surface area contributed by atoms with Crippen LogP contribution in [0.4, 0.5) is 0 Å². The van der Waals surface area contributed by atoms with Crippen molar-refractivity contribution in [1.29, 1.82) is 0 Å². The van der Waals surface area contributed by atoms with E-state index >= 15 is 0 Å². The summed E-state index contributed by atoms with van der Waals surface area (Å²) in [5.41, 5.74) is 1.15. The van der Waals surface area contributed by atoms with E-state index < -0.39 is 0 Å². The molecule has 1 unspecified atom stereocenters. The third kappa shape index (κ3) is 3.03. The minimum atomic E-state index is 0.186. The van der Waals surface area contributed by atoms with E-state index in [4.69, 9.17) is 4.74 Å². The van der Waals surface area contributed by atoms with Crippen LogP contribution in [0.2, 0.25) is 0 Å². The molecular weight excluding hydrogens is 258 g/mol. The van der Waals surface area contributed by atoms with Crippen LogP contribution < -0.4 is 5.32 Å². The summed E-state index contributed by atoms with van der Waals surface area (Å²) < 4.78 is 6.63. The minimum absolute atomic E-state index is 0.186. The second-order valence-electron chi connectivity index (χ2n) is 4.90. The standard InChI is InChI=1S/C15H17NO2S/c17-13(8-12-9-18-6-5-16-12)7-11-10-19-15-4-2-1-3-14(11)15/h1-4,10,12,16H,5-9H2. The molecule has 0 aliphatic carbocycles. The summed E-state index contributed by atoms with van der Waals surface area (Å²) in [7, 11) is 0. The smallest absolute Gasteiger partial charge is 0.138 e. The van der Waals surface area contributed by atoms with Gasteiger partial charge in [-0.1, -0.05) is 18.2 Å². The van der Waals surface area contributed by atoms with Crippen molar-refractivity contribution < 1.29 is 9.53 Å². The van der Waals surface area contributed by atoms with Gasteiger partial charge in [-0.25, -0.2) is 0 Å². The number of ketones is 1. The molecule has 1 aliphatic rings. The summed E-state index contributed by atoms with van der Waals surface area (Å²) in [5.74, 6) is 0.284. The van der Waals surface area contributed by atoms with Gasteiger partial charge in [-0.2, -0.15) is 0 Å². The lowest BCUT2D eigenvalue weighted by Crippen LogP contribution is -2.42. The number of rotatable bonds is 4. The van der Waals surface area contributed by atoms with Crippen molar-refractivity contribution in [3.05, 3.63) is 35.2 Å². The Morgan fingerprint density at radius 3 is 3.16 bits per heavy atom. The zero-order valence-electron chi connectivity index (χ0n) is 10.7. The Morgan fingerprint density at radius 2 is 2.32 bits per heavy atom. The Morgan fingerprint density at radius 1 is 1.42 bits per heavy atom. The van der Waals surface area contributed by atoms with Gasteiger partial charge < -0.3 is 10.1 Å². The minimum Gasteiger partial charge on any atom is -0.379 e. The normalized spacial score (nSPS) is 19.7. The Bertz CT molecular complexity index is 572. The van der Waals surface area contributed by atoms with Crippen molar-refractivity contribution in [3.63, 3.8) is 0 Å². The molecule has 3 nitrogen and oxygen atoms in total. The van der Waals surface area contributed by atoms with E-state index in [0.29, 0.717) is 19.4 Å². The number of morpholine rings is 1. The molecule has 19 heavy (non-hydrogen) atoms. The number of carbonyl (C=O) groups is 1. The van der Waals surface area contributed by atoms with Gasteiger partial charge >= 0.3 is 0 Å². The molecule has 1 fully saturated rings. The lowest BCUT2D eigenvalue weighted by atomic mass is 10.0. The van der Waals surface area contributed by atoms with Crippen LogP contribution in [0, 0.1) is 0 Å². The molecule has 1 aliphatic heterocycles. The van der Waals surface area contributed by atoms with Crippen LogP contribution in [0.3, 0.4) is 0 Å². The highest BCUT2D eigenvalue weighted by Gasteiger charge is 2.17. The molecule has 1 aromatic heterocycles. The van der Waals surface area contributed by atoms with Crippen molar-refractivity contribution in [3.8, 4) is 0 Å². The van der Waals surface area contributed by atoms with E-state index in [-0.39, 0.29) is 11.8 Å². The summed E-state index contributed by atoms with van der Waals surface area (Å²) in [4.78, 5) is 12.1. The molecule has 0 bridgehead atoms. The van der Waals surface area contributed by atoms with Gasteiger partial charge in [0.1, 0.15) is 5.78 Å². The van der Waals surface area contributed by atoms with Gasteiger partial charge in [0.2, 0.25) is 0 Å². The number of benzene rings is 1. The number of Topliss-reactive ketones (excluding diaryl/α,β-unsaturated/α-hetero) is 1. The van der Waals surface area contributed by atoms with Crippen LogP contribution in [0.25, 0.3) is 10.1 Å². The molecule has 1 aromatic carbocycles. The number of ether oxygens (including phenoxy) is 1. The quantitative estimate of drug-likeness (QED) is 0.931. The Kier molecular flexibility index (Phi) is 3.92. The molecule has 4 heteroatoms. The van der Waals surface area contributed by atoms with E-state index in [0.717, 1.165) is 18.7 Å². The van der Waals surface area contributed by atoms with Crippen molar-refractivity contribution in [2.24, 2.45) is 0 Å². The molecule has 0 amide bonds. The van der Waals surface area contributed by atoms with Crippen molar-refractivity contribution in [1.82, 2.24) is 5.32 Å². The second-order valence-corrected chi connectivity index (χ2v) is 5.81. The zero-order valence-corrected chi connectivity index (χ0v) is 11.5. The molecule has 3 rings (SSSR count). The summed E-state index contributed by atoms with van der Waals surface area (Å²) in [6.07, 6.45) is 1.09. The van der Waals surface area contributed by atoms with Crippen LogP contribution >= 0.6 is 11.3 Å². The van der Waals surface area contributed by atoms with Gasteiger partial charge in [-0.15, -0.1) is 11.3 Å². The van der Waals surface area contributed by atoms with E-state index in [1.165, 1.54) is 10.1 Å². The molecule has 2 aromatic rings. The zero-order chi connectivity index (χ0) is 13.1. The van der Waals surface area contributed by atoms with E-state index in [2.05, 4.69) is 22.8 Å². The van der Waals surface area contributed by atoms with Crippen molar-refractivity contribution >= 4 is 27.2 Å². The third-order valence-electron chi connectivity index (χ3n) is 3.42. The largest absolute Gasteiger partial charge is 0.379 e. The summed E-state index contributed by atoms with van der Waals surface area (Å²) in [6.45, 7) is 2.25. The maximum absolute atomic E-state index is 12.1. The number of carbonyl (C=O) groups excluding carboxylic acids is 1. The van der Waals surface area contributed by atoms with E-state index in [1.54, 1.807) is 11.3 Å². The van der Waals surface area contributed by atoms with Crippen molar-refractivity contribution in [2.75, 3.05) is 19.8 Å². The first-order chi connectivity index (χ1) is 9.33. The predicted octanol–water partition coefficient (Wildman–Crippen LogP) is 2.39. The summed E-state index contributed by atoms with van der Waals surface area (Å²) in [6, 6.07) is 8.44. The van der Waals surface area contributed by atoms with Gasteiger partial charge in [-0.05, 0) is 22.4 Å². The van der Waals surface area contributed by atoms with E-state index in [1.807, 2.05) is 12.1 Å². The maximum atomic E-state index is 12.1. The Labute approximate surface area is 116 Å². The molecule has 1 atom stereocenters. The van der Waals surface area contributed by atoms with Crippen LogP contribution in [0.5, 0.6) is 0 Å². The highest BCUT2D eigenvalue weighted by Crippen LogP contribution is 2.26. The fourth-order valence-electron chi connectivity index (χ4n) is 2.48. The predicted molar refractivity (Wildman–Crippen MR) is 77.8 cm³/mol. The summed E-state index contributed by atoms with van der Waals surface area (Å²) in [5, 5.41) is 6.64. The lowest BCUT2D eigenvalue weighted by Gasteiger charge is -2.23. The van der Waals surface area contributed by atoms with Crippen LogP contribution in [-0.2, 0) is 16.0 Å². The Balaban J connectivity index is 1.65. The van der Waals surface area contributed by atoms with Gasteiger partial charge in [-0.3, -0.25) is 4.79 Å². The molecule has 0 radical (unpaired) electrons. The van der Waals surface area contributed by atoms with Gasteiger partial charge in [0, 0.05) is 30.1 Å². The van der Waals surface area contributed by atoms with Crippen LogP contribution in [0.15, 0.2) is 29.6 Å². The van der Waals surface area contributed by atoms with Crippen LogP contribution in [0.1, 0.15) is 12.0 Å². The molecule has 0 spiro atoms. The fourth-order valence-corrected chi connectivity index (χ4v) is 3.44. The third-order valence-corrected chi connectivity index (χ3v) is 4.43. The Hall–Kier alpha value is -1.23. The van der Waals surface area contributed by atoms with Gasteiger partial charge in [0.15, 0.2) is 0 Å². The molecular formula is C15H17NO2S.